The Morgan fingerprint density at radius 3 is 2.59 bits per heavy atom. The minimum absolute atomic E-state index is 0.140. The van der Waals surface area contributed by atoms with E-state index in [9.17, 15) is 9.59 Å². The van der Waals surface area contributed by atoms with E-state index in [0.29, 0.717) is 33.6 Å². The number of benzene rings is 1. The Morgan fingerprint density at radius 2 is 1.90 bits per heavy atom. The summed E-state index contributed by atoms with van der Waals surface area (Å²) in [4.78, 5) is 31.7. The molecule has 2 saturated heterocycles. The Hall–Kier alpha value is -2.20. The van der Waals surface area contributed by atoms with Crippen LogP contribution in [0, 0.1) is 25.7 Å². The third-order valence-corrected chi connectivity index (χ3v) is 9.17. The molecule has 5 rings (SSSR count). The number of fused-ring (bicyclic) bond motifs is 1. The molecule has 3 aliphatic heterocycles. The highest BCUT2D eigenvalue weighted by molar-refractivity contribution is 7.98. The van der Waals surface area contributed by atoms with Crippen LogP contribution in [-0.2, 0) is 11.2 Å². The number of aromatic nitrogens is 1. The van der Waals surface area contributed by atoms with Gasteiger partial charge in [0.2, 0.25) is 0 Å². The van der Waals surface area contributed by atoms with Gasteiger partial charge in [-0.1, -0.05) is 11.6 Å². The average molecular weight is 578 g/mol. The number of H-pyrrole nitrogens is 1. The van der Waals surface area contributed by atoms with E-state index in [2.05, 4.69) is 15.2 Å². The van der Waals surface area contributed by atoms with Crippen LogP contribution in [0.3, 0.4) is 0 Å². The maximum atomic E-state index is 13.4. The zero-order chi connectivity index (χ0) is 29.5. The van der Waals surface area contributed by atoms with E-state index in [1.807, 2.05) is 6.92 Å². The summed E-state index contributed by atoms with van der Waals surface area (Å²) in [5.74, 6) is -0.00570. The lowest BCUT2D eigenvalue weighted by Crippen LogP contribution is -2.49. The van der Waals surface area contributed by atoms with Crippen LogP contribution in [0.4, 0.5) is 0 Å². The number of thioether (sulfide) groups is 1. The van der Waals surface area contributed by atoms with Gasteiger partial charge in [0.1, 0.15) is 0 Å². The largest absolute Gasteiger partial charge is 0.448 e. The van der Waals surface area contributed by atoms with Gasteiger partial charge in [-0.2, -0.15) is 0 Å². The first-order valence-corrected chi connectivity index (χ1v) is 15.1. The van der Waals surface area contributed by atoms with Crippen LogP contribution >= 0.6 is 23.4 Å². The molecule has 8 nitrogen and oxygen atoms in total. The minimum atomic E-state index is -2.43. The molecule has 2 N–H and O–H groups in total. The van der Waals surface area contributed by atoms with Gasteiger partial charge in [0.05, 0.1) is 7.76 Å². The fraction of sp³-hybridized carbons (Fsp3) is 0.586. The number of nitrogens with one attached hydrogen (secondary N) is 2. The molecule has 39 heavy (non-hydrogen) atoms. The number of piperidine rings is 1. The number of aryl methyl sites for hydroxylation is 1. The molecule has 2 aromatic rings. The molecule has 2 fully saturated rings. The first kappa shape index (κ1) is 25.7. The molecule has 1 aromatic carbocycles. The third-order valence-electron chi connectivity index (χ3n) is 8.13. The smallest absolute Gasteiger partial charge is 0.254 e. The van der Waals surface area contributed by atoms with Crippen molar-refractivity contribution in [2.45, 2.75) is 63.6 Å². The molecule has 4 heterocycles. The molecule has 0 saturated carbocycles. The SMILES string of the molecule is [2H]C([2H])(NC(=O)c1cc(Cl)c2c(c1C)O[C@](C)(C1CCN(CC3CCOCC3)CC1)O2)c1c(SC)cc(C)[nH]c1=O. The molecule has 0 spiro atoms. The average Bonchev–Trinajstić information content (AvgIpc) is 3.30. The standard InChI is InChI=1S/C29H38ClN3O5S/c1-17-13-24(39-4)22(28(35)32-17)15-31-27(34)21-14-23(30)26-25(18(21)2)37-29(3,38-26)20-5-9-33(10-6-20)16-19-7-11-36-12-8-19/h13-14,19-20H,5-12,15-16H2,1-4H3,(H,31,34)(H,32,35)/t29-/m0/s1/i15D2. The third kappa shape index (κ3) is 5.97. The van der Waals surface area contributed by atoms with E-state index in [1.165, 1.54) is 17.8 Å². The van der Waals surface area contributed by atoms with Gasteiger partial charge in [-0.3, -0.25) is 9.59 Å². The predicted molar refractivity (Wildman–Crippen MR) is 153 cm³/mol. The zero-order valence-corrected chi connectivity index (χ0v) is 24.5. The normalized spacial score (nSPS) is 23.4. The van der Waals surface area contributed by atoms with Gasteiger partial charge in [-0.05, 0) is 76.9 Å². The summed E-state index contributed by atoms with van der Waals surface area (Å²) in [5, 5.41) is 2.62. The summed E-state index contributed by atoms with van der Waals surface area (Å²) >= 11 is 7.85. The van der Waals surface area contributed by atoms with E-state index in [0.717, 1.165) is 58.5 Å². The van der Waals surface area contributed by atoms with E-state index >= 15 is 0 Å². The number of rotatable bonds is 7. The highest BCUT2D eigenvalue weighted by atomic mass is 35.5. The monoisotopic (exact) mass is 577 g/mol. The van der Waals surface area contributed by atoms with E-state index in [-0.39, 0.29) is 22.1 Å². The molecule has 0 aliphatic carbocycles. The van der Waals surface area contributed by atoms with Gasteiger partial charge in [0, 0.05) is 66.4 Å². The zero-order valence-electron chi connectivity index (χ0n) is 24.9. The fourth-order valence-electron chi connectivity index (χ4n) is 5.81. The molecule has 1 amide bonds. The number of carbonyl (C=O) groups excluding carboxylic acids is 1. The second kappa shape index (κ2) is 11.7. The van der Waals surface area contributed by atoms with Crippen LogP contribution in [0.15, 0.2) is 21.8 Å². The molecular formula is C29H38ClN3O5S. The molecule has 0 unspecified atom stereocenters. The second-order valence-electron chi connectivity index (χ2n) is 10.8. The Bertz CT molecular complexity index is 1380. The van der Waals surface area contributed by atoms with Crippen LogP contribution in [0.2, 0.25) is 5.02 Å². The van der Waals surface area contributed by atoms with E-state index in [4.69, 9.17) is 28.6 Å². The van der Waals surface area contributed by atoms with Crippen molar-refractivity contribution in [3.63, 3.8) is 0 Å². The Kier molecular flexibility index (Phi) is 7.74. The Morgan fingerprint density at radius 1 is 1.21 bits per heavy atom. The molecule has 3 aliphatic rings. The Labute approximate surface area is 241 Å². The molecule has 212 valence electrons. The summed E-state index contributed by atoms with van der Waals surface area (Å²) < 4.78 is 35.4. The lowest BCUT2D eigenvalue weighted by molar-refractivity contribution is -0.125. The predicted octanol–water partition coefficient (Wildman–Crippen LogP) is 4.92. The van der Waals surface area contributed by atoms with Gasteiger partial charge in [-0.25, -0.2) is 0 Å². The Balaban J connectivity index is 1.30. The van der Waals surface area contributed by atoms with Gasteiger partial charge >= 0.3 is 0 Å². The number of amides is 1. The molecule has 0 radical (unpaired) electrons. The first-order valence-electron chi connectivity index (χ1n) is 14.5. The first-order chi connectivity index (χ1) is 19.4. The quantitative estimate of drug-likeness (QED) is 0.451. The molecular weight excluding hydrogens is 538 g/mol. The molecule has 1 atom stereocenters. The highest BCUT2D eigenvalue weighted by Crippen LogP contribution is 2.51. The number of halogens is 1. The highest BCUT2D eigenvalue weighted by Gasteiger charge is 2.47. The number of carbonyl (C=O) groups is 1. The number of aromatic amines is 1. The van der Waals surface area contributed by atoms with Crippen molar-refractivity contribution in [2.75, 3.05) is 39.1 Å². The number of hydrogen-bond acceptors (Lipinski definition) is 7. The van der Waals surface area contributed by atoms with Crippen LogP contribution in [0.25, 0.3) is 0 Å². The van der Waals surface area contributed by atoms with Crippen molar-refractivity contribution in [1.29, 1.82) is 0 Å². The fourth-order valence-corrected chi connectivity index (χ4v) is 6.68. The lowest BCUT2D eigenvalue weighted by Gasteiger charge is -2.40. The van der Waals surface area contributed by atoms with Crippen molar-refractivity contribution >= 4 is 29.3 Å². The topological polar surface area (TPSA) is 92.9 Å². The number of pyridine rings is 1. The van der Waals surface area contributed by atoms with E-state index in [1.54, 1.807) is 26.2 Å². The van der Waals surface area contributed by atoms with Crippen LogP contribution in [0.1, 0.15) is 62.5 Å². The van der Waals surface area contributed by atoms with Crippen LogP contribution in [-0.4, -0.2) is 60.7 Å². The van der Waals surface area contributed by atoms with Gasteiger partial charge in [-0.15, -0.1) is 11.8 Å². The van der Waals surface area contributed by atoms with Gasteiger partial charge < -0.3 is 29.4 Å². The van der Waals surface area contributed by atoms with Gasteiger partial charge in [0.15, 0.2) is 11.5 Å². The lowest BCUT2D eigenvalue weighted by atomic mass is 9.88. The number of hydrogen-bond donors (Lipinski definition) is 2. The summed E-state index contributed by atoms with van der Waals surface area (Å²) in [5.41, 5.74) is 0.530. The van der Waals surface area contributed by atoms with Crippen molar-refractivity contribution < 1.29 is 21.7 Å². The van der Waals surface area contributed by atoms with Gasteiger partial charge in [0.25, 0.3) is 17.3 Å². The van der Waals surface area contributed by atoms with Crippen LogP contribution < -0.4 is 20.3 Å². The van der Waals surface area contributed by atoms with Crippen LogP contribution in [0.5, 0.6) is 11.5 Å². The summed E-state index contributed by atoms with van der Waals surface area (Å²) in [6.45, 7) is 7.68. The molecule has 1 aromatic heterocycles. The number of nitrogens with zero attached hydrogens (tertiary/aromatic N) is 1. The summed E-state index contributed by atoms with van der Waals surface area (Å²) in [7, 11) is 0. The minimum Gasteiger partial charge on any atom is -0.448 e. The molecule has 0 bridgehead atoms. The van der Waals surface area contributed by atoms with Crippen molar-refractivity contribution in [3.05, 3.63) is 49.9 Å². The van der Waals surface area contributed by atoms with Crippen molar-refractivity contribution in [2.24, 2.45) is 11.8 Å². The second-order valence-corrected chi connectivity index (χ2v) is 12.1. The summed E-state index contributed by atoms with van der Waals surface area (Å²) in [6, 6.07) is 3.16. The maximum Gasteiger partial charge on any atom is 0.254 e. The summed E-state index contributed by atoms with van der Waals surface area (Å²) in [6.07, 6.45) is 5.83. The molecule has 10 heteroatoms. The van der Waals surface area contributed by atoms with E-state index < -0.39 is 23.8 Å². The number of likely N-dealkylation sites (tertiary alicyclic amines) is 1. The number of ether oxygens (including phenoxy) is 3. The van der Waals surface area contributed by atoms with Crippen molar-refractivity contribution in [3.8, 4) is 11.5 Å². The van der Waals surface area contributed by atoms with Crippen molar-refractivity contribution in [1.82, 2.24) is 15.2 Å². The maximum absolute atomic E-state index is 13.4.